The highest BCUT2D eigenvalue weighted by molar-refractivity contribution is 5.79. The molecule has 4 nitrogen and oxygen atoms in total. The van der Waals surface area contributed by atoms with Crippen molar-refractivity contribution < 1.29 is 9.53 Å². The summed E-state index contributed by atoms with van der Waals surface area (Å²) in [5, 5.41) is 0. The first kappa shape index (κ1) is 13.8. The number of nitrogens with zero attached hydrogens (tertiary/aromatic N) is 1. The number of hydrogen-bond acceptors (Lipinski definition) is 3. The van der Waals surface area contributed by atoms with E-state index in [1.807, 2.05) is 4.90 Å². The second kappa shape index (κ2) is 6.02. The molecule has 2 aliphatic rings. The lowest BCUT2D eigenvalue weighted by Gasteiger charge is -2.33. The van der Waals surface area contributed by atoms with Crippen molar-refractivity contribution in [1.82, 2.24) is 4.90 Å². The van der Waals surface area contributed by atoms with E-state index in [9.17, 15) is 4.79 Å². The number of methoxy groups -OCH3 is 1. The van der Waals surface area contributed by atoms with Gasteiger partial charge in [-0.05, 0) is 31.6 Å². The Morgan fingerprint density at radius 2 is 2.17 bits per heavy atom. The summed E-state index contributed by atoms with van der Waals surface area (Å²) in [5.41, 5.74) is 6.09. The molecule has 0 bridgehead atoms. The molecular formula is C14H26N2O2. The van der Waals surface area contributed by atoms with E-state index in [2.05, 4.69) is 6.92 Å². The Balaban J connectivity index is 1.85. The van der Waals surface area contributed by atoms with Gasteiger partial charge in [-0.2, -0.15) is 0 Å². The van der Waals surface area contributed by atoms with Crippen LogP contribution in [-0.4, -0.2) is 43.7 Å². The van der Waals surface area contributed by atoms with Gasteiger partial charge in [-0.25, -0.2) is 0 Å². The van der Waals surface area contributed by atoms with Crippen molar-refractivity contribution in [3.8, 4) is 0 Å². The Bertz CT molecular complexity index is 296. The summed E-state index contributed by atoms with van der Waals surface area (Å²) in [6, 6.07) is 0.199. The molecule has 104 valence electrons. The zero-order valence-corrected chi connectivity index (χ0v) is 11.6. The van der Waals surface area contributed by atoms with E-state index in [0.29, 0.717) is 17.7 Å². The number of nitrogens with two attached hydrogens (primary N) is 1. The van der Waals surface area contributed by atoms with Gasteiger partial charge >= 0.3 is 0 Å². The minimum Gasteiger partial charge on any atom is -0.384 e. The van der Waals surface area contributed by atoms with Crippen LogP contribution in [0.1, 0.15) is 32.6 Å². The van der Waals surface area contributed by atoms with Gasteiger partial charge in [0.15, 0.2) is 0 Å². The summed E-state index contributed by atoms with van der Waals surface area (Å²) in [6.07, 6.45) is 4.05. The molecule has 0 aromatic rings. The van der Waals surface area contributed by atoms with E-state index >= 15 is 0 Å². The van der Waals surface area contributed by atoms with Crippen LogP contribution in [0.5, 0.6) is 0 Å². The standard InChI is InChI=1S/C14H26N2O2/c1-10-3-4-12(7-13(10)15)14(17)16-6-5-11(8-16)9-18-2/h10-13H,3-9,15H2,1-2H3. The first-order chi connectivity index (χ1) is 8.61. The number of likely N-dealkylation sites (tertiary alicyclic amines) is 1. The number of hydrogen-bond donors (Lipinski definition) is 1. The van der Waals surface area contributed by atoms with Crippen LogP contribution in [0.2, 0.25) is 0 Å². The summed E-state index contributed by atoms with van der Waals surface area (Å²) in [5.74, 6) is 1.58. The van der Waals surface area contributed by atoms with E-state index in [0.717, 1.165) is 45.4 Å². The molecule has 4 heteroatoms. The maximum absolute atomic E-state index is 12.4. The Morgan fingerprint density at radius 3 is 2.83 bits per heavy atom. The fourth-order valence-electron chi connectivity index (χ4n) is 3.24. The zero-order chi connectivity index (χ0) is 13.1. The number of ether oxygens (including phenoxy) is 1. The molecule has 0 radical (unpaired) electrons. The van der Waals surface area contributed by atoms with E-state index in [1.165, 1.54) is 0 Å². The fraction of sp³-hybridized carbons (Fsp3) is 0.929. The van der Waals surface area contributed by atoms with Crippen LogP contribution in [0.3, 0.4) is 0 Å². The Labute approximate surface area is 110 Å². The van der Waals surface area contributed by atoms with Crippen molar-refractivity contribution in [2.75, 3.05) is 26.8 Å². The zero-order valence-electron chi connectivity index (χ0n) is 11.6. The third-order valence-corrected chi connectivity index (χ3v) is 4.61. The van der Waals surface area contributed by atoms with Crippen LogP contribution >= 0.6 is 0 Å². The highest BCUT2D eigenvalue weighted by Crippen LogP contribution is 2.30. The second-order valence-electron chi connectivity index (χ2n) is 6.05. The van der Waals surface area contributed by atoms with Crippen LogP contribution in [-0.2, 0) is 9.53 Å². The van der Waals surface area contributed by atoms with Crippen molar-refractivity contribution in [3.05, 3.63) is 0 Å². The Hall–Kier alpha value is -0.610. The highest BCUT2D eigenvalue weighted by atomic mass is 16.5. The first-order valence-corrected chi connectivity index (χ1v) is 7.15. The average Bonchev–Trinajstić information content (AvgIpc) is 2.81. The summed E-state index contributed by atoms with van der Waals surface area (Å²) in [6.45, 7) is 4.73. The summed E-state index contributed by atoms with van der Waals surface area (Å²) in [7, 11) is 1.73. The van der Waals surface area contributed by atoms with Crippen LogP contribution in [0.15, 0.2) is 0 Å². The summed E-state index contributed by atoms with van der Waals surface area (Å²) < 4.78 is 5.17. The largest absolute Gasteiger partial charge is 0.384 e. The molecule has 4 unspecified atom stereocenters. The Kier molecular flexibility index (Phi) is 4.62. The Morgan fingerprint density at radius 1 is 1.39 bits per heavy atom. The van der Waals surface area contributed by atoms with E-state index in [-0.39, 0.29) is 12.0 Å². The van der Waals surface area contributed by atoms with Gasteiger partial charge in [0.25, 0.3) is 0 Å². The normalized spacial score (nSPS) is 36.9. The third kappa shape index (κ3) is 3.04. The lowest BCUT2D eigenvalue weighted by molar-refractivity contribution is -0.136. The summed E-state index contributed by atoms with van der Waals surface area (Å²) in [4.78, 5) is 14.5. The van der Waals surface area contributed by atoms with Crippen LogP contribution in [0.4, 0.5) is 0 Å². The van der Waals surface area contributed by atoms with Crippen LogP contribution in [0.25, 0.3) is 0 Å². The van der Waals surface area contributed by atoms with Crippen molar-refractivity contribution in [3.63, 3.8) is 0 Å². The van der Waals surface area contributed by atoms with Gasteiger partial charge in [0.05, 0.1) is 6.61 Å². The van der Waals surface area contributed by atoms with Gasteiger partial charge < -0.3 is 15.4 Å². The molecule has 4 atom stereocenters. The van der Waals surface area contributed by atoms with Crippen molar-refractivity contribution >= 4 is 5.91 Å². The molecular weight excluding hydrogens is 228 g/mol. The number of carbonyl (C=O) groups excluding carboxylic acids is 1. The minimum atomic E-state index is 0.164. The maximum atomic E-state index is 12.4. The fourth-order valence-corrected chi connectivity index (χ4v) is 3.24. The molecule has 0 spiro atoms. The van der Waals surface area contributed by atoms with Gasteiger partial charge in [0.2, 0.25) is 5.91 Å². The molecule has 2 rings (SSSR count). The SMILES string of the molecule is COCC1CCN(C(=O)C2CCC(C)C(N)C2)C1. The van der Waals surface area contributed by atoms with Crippen molar-refractivity contribution in [1.29, 1.82) is 0 Å². The van der Waals surface area contributed by atoms with Crippen molar-refractivity contribution in [2.24, 2.45) is 23.5 Å². The van der Waals surface area contributed by atoms with Gasteiger partial charge in [0, 0.05) is 38.1 Å². The molecule has 1 saturated carbocycles. The minimum absolute atomic E-state index is 0.164. The molecule has 18 heavy (non-hydrogen) atoms. The lowest BCUT2D eigenvalue weighted by Crippen LogP contribution is -2.42. The molecule has 1 aliphatic heterocycles. The molecule has 2 fully saturated rings. The molecule has 1 aliphatic carbocycles. The van der Waals surface area contributed by atoms with Gasteiger partial charge in [-0.15, -0.1) is 0 Å². The van der Waals surface area contributed by atoms with E-state index in [1.54, 1.807) is 7.11 Å². The predicted octanol–water partition coefficient (Wildman–Crippen LogP) is 1.24. The van der Waals surface area contributed by atoms with E-state index in [4.69, 9.17) is 10.5 Å². The molecule has 0 aromatic heterocycles. The smallest absolute Gasteiger partial charge is 0.225 e. The quantitative estimate of drug-likeness (QED) is 0.824. The molecule has 1 saturated heterocycles. The van der Waals surface area contributed by atoms with Gasteiger partial charge in [0.1, 0.15) is 0 Å². The van der Waals surface area contributed by atoms with Crippen LogP contribution < -0.4 is 5.73 Å². The monoisotopic (exact) mass is 254 g/mol. The molecule has 1 amide bonds. The average molecular weight is 254 g/mol. The van der Waals surface area contributed by atoms with Crippen LogP contribution in [0, 0.1) is 17.8 Å². The topological polar surface area (TPSA) is 55.6 Å². The molecule has 2 N–H and O–H groups in total. The predicted molar refractivity (Wildman–Crippen MR) is 71.0 cm³/mol. The highest BCUT2D eigenvalue weighted by Gasteiger charge is 2.34. The molecule has 0 aromatic carbocycles. The number of amides is 1. The van der Waals surface area contributed by atoms with Gasteiger partial charge in [-0.3, -0.25) is 4.79 Å². The second-order valence-corrected chi connectivity index (χ2v) is 6.05. The first-order valence-electron chi connectivity index (χ1n) is 7.15. The van der Waals surface area contributed by atoms with Crippen molar-refractivity contribution in [2.45, 2.75) is 38.6 Å². The van der Waals surface area contributed by atoms with Gasteiger partial charge in [-0.1, -0.05) is 6.92 Å². The third-order valence-electron chi connectivity index (χ3n) is 4.61. The lowest BCUT2D eigenvalue weighted by atomic mass is 9.79. The molecule has 1 heterocycles. The number of carbonyl (C=O) groups is 1. The van der Waals surface area contributed by atoms with E-state index < -0.39 is 0 Å². The maximum Gasteiger partial charge on any atom is 0.225 e. The summed E-state index contributed by atoms with van der Waals surface area (Å²) >= 11 is 0. The number of rotatable bonds is 3.